The predicted molar refractivity (Wildman–Crippen MR) is 169 cm³/mol. The maximum atomic E-state index is 14.3. The lowest BCUT2D eigenvalue weighted by Crippen LogP contribution is -2.60. The first-order valence-corrected chi connectivity index (χ1v) is 15.9. The Labute approximate surface area is 275 Å². The summed E-state index contributed by atoms with van der Waals surface area (Å²) in [7, 11) is 4.12. The van der Waals surface area contributed by atoms with Crippen molar-refractivity contribution in [1.82, 2.24) is 4.90 Å². The number of hydrogen-bond acceptors (Lipinski definition) is 9. The van der Waals surface area contributed by atoms with E-state index in [1.54, 1.807) is 12.1 Å². The van der Waals surface area contributed by atoms with Crippen molar-refractivity contribution >= 4 is 58.2 Å². The molecule has 2 aromatic carbocycles. The Balaban J connectivity index is 1.33. The predicted octanol–water partition coefficient (Wildman–Crippen LogP) is 3.44. The zero-order valence-corrected chi connectivity index (χ0v) is 27.0. The summed E-state index contributed by atoms with van der Waals surface area (Å²) in [5, 5.41) is 10.4. The van der Waals surface area contributed by atoms with Crippen molar-refractivity contribution < 1.29 is 38.5 Å². The van der Waals surface area contributed by atoms with Gasteiger partial charge in [-0.05, 0) is 43.0 Å². The van der Waals surface area contributed by atoms with E-state index < -0.39 is 51.1 Å². The van der Waals surface area contributed by atoms with Crippen LogP contribution in [0.15, 0.2) is 48.0 Å². The number of hydrogen-bond donors (Lipinski definition) is 1. The van der Waals surface area contributed by atoms with Gasteiger partial charge in [-0.3, -0.25) is 29.0 Å². The number of carbonyl (C=O) groups is 4. The number of alkyl halides is 2. The summed E-state index contributed by atoms with van der Waals surface area (Å²) in [6, 6.07) is 10.0. The number of carbonyl (C=O) groups excluding carboxylic acids is 4. The zero-order chi connectivity index (χ0) is 32.7. The van der Waals surface area contributed by atoms with Gasteiger partial charge in [0.15, 0.2) is 9.75 Å². The molecule has 2 aliphatic carbocycles. The molecule has 3 saturated heterocycles. The van der Waals surface area contributed by atoms with Gasteiger partial charge in [0.25, 0.3) is 11.8 Å². The number of fused-ring (bicyclic) bond motifs is 4. The molecule has 6 atom stereocenters. The monoisotopic (exact) mass is 669 g/mol. The van der Waals surface area contributed by atoms with E-state index in [0.29, 0.717) is 30.0 Å². The molecule has 6 unspecified atom stereocenters. The van der Waals surface area contributed by atoms with Crippen LogP contribution in [0.5, 0.6) is 17.2 Å². The third kappa shape index (κ3) is 4.07. The number of ether oxygens (including phenoxy) is 3. The largest absolute Gasteiger partial charge is 0.508 e. The molecule has 4 amide bonds. The normalized spacial score (nSPS) is 32.3. The van der Waals surface area contributed by atoms with Gasteiger partial charge in [0, 0.05) is 49.4 Å². The maximum Gasteiger partial charge on any atom is 0.253 e. The molecule has 11 nitrogen and oxygen atoms in total. The summed E-state index contributed by atoms with van der Waals surface area (Å²) in [6.45, 7) is 2.75. The second-order valence-electron chi connectivity index (χ2n) is 12.4. The number of phenols is 1. The fourth-order valence-electron chi connectivity index (χ4n) is 8.16. The van der Waals surface area contributed by atoms with Crippen molar-refractivity contribution in [2.24, 2.45) is 17.8 Å². The lowest BCUT2D eigenvalue weighted by Gasteiger charge is -2.51. The van der Waals surface area contributed by atoms with Crippen molar-refractivity contribution in [3.05, 3.63) is 53.6 Å². The molecule has 242 valence electrons. The molecule has 0 spiro atoms. The van der Waals surface area contributed by atoms with Gasteiger partial charge < -0.3 is 24.2 Å². The van der Waals surface area contributed by atoms with E-state index in [1.165, 1.54) is 38.3 Å². The van der Waals surface area contributed by atoms with Gasteiger partial charge in [-0.25, -0.2) is 0 Å². The summed E-state index contributed by atoms with van der Waals surface area (Å²) in [4.78, 5) is 56.3. The average molecular weight is 671 g/mol. The highest BCUT2D eigenvalue weighted by molar-refractivity contribution is 6.53. The molecule has 2 aromatic rings. The number of anilines is 2. The van der Waals surface area contributed by atoms with Crippen LogP contribution in [0.25, 0.3) is 0 Å². The number of morpholine rings is 1. The Morgan fingerprint density at radius 3 is 2.11 bits per heavy atom. The van der Waals surface area contributed by atoms with E-state index in [4.69, 9.17) is 37.4 Å². The molecule has 46 heavy (non-hydrogen) atoms. The quantitative estimate of drug-likeness (QED) is 0.289. The fraction of sp³-hybridized carbons (Fsp3) is 0.455. The van der Waals surface area contributed by atoms with Crippen LogP contribution in [0.1, 0.15) is 24.3 Å². The van der Waals surface area contributed by atoms with Crippen LogP contribution in [0.4, 0.5) is 11.4 Å². The minimum Gasteiger partial charge on any atom is -0.508 e. The molecule has 4 fully saturated rings. The molecule has 5 aliphatic rings. The van der Waals surface area contributed by atoms with E-state index in [9.17, 15) is 24.3 Å². The van der Waals surface area contributed by atoms with Gasteiger partial charge in [0.2, 0.25) is 11.8 Å². The van der Waals surface area contributed by atoms with Gasteiger partial charge in [-0.2, -0.15) is 0 Å². The van der Waals surface area contributed by atoms with E-state index >= 15 is 0 Å². The molecule has 13 heteroatoms. The van der Waals surface area contributed by atoms with Crippen molar-refractivity contribution in [2.75, 3.05) is 57.4 Å². The number of likely N-dealkylation sites (tertiary alicyclic amines) is 1. The minimum absolute atomic E-state index is 0.137. The van der Waals surface area contributed by atoms with Crippen molar-refractivity contribution in [3.63, 3.8) is 0 Å². The summed E-state index contributed by atoms with van der Waals surface area (Å²) in [6.07, 6.45) is 1.92. The minimum atomic E-state index is -2.02. The highest BCUT2D eigenvalue weighted by Crippen LogP contribution is 2.67. The highest BCUT2D eigenvalue weighted by Gasteiger charge is 2.76. The molecule has 0 radical (unpaired) electrons. The first-order valence-electron chi connectivity index (χ1n) is 15.1. The second kappa shape index (κ2) is 10.9. The fourth-order valence-corrected chi connectivity index (χ4v) is 9.16. The van der Waals surface area contributed by atoms with Gasteiger partial charge in [0.1, 0.15) is 17.2 Å². The number of phenolic OH excluding ortho intramolecular Hbond substituents is 1. The highest BCUT2D eigenvalue weighted by atomic mass is 35.5. The summed E-state index contributed by atoms with van der Waals surface area (Å²) >= 11 is 14.6. The summed E-state index contributed by atoms with van der Waals surface area (Å²) < 4.78 is 16.8. The Hall–Kier alpha value is -3.80. The summed E-state index contributed by atoms with van der Waals surface area (Å²) in [5.41, 5.74) is 2.32. The number of rotatable bonds is 5. The molecular formula is C33H33Cl2N3O8. The molecule has 0 bridgehead atoms. The molecule has 3 heterocycles. The Morgan fingerprint density at radius 1 is 0.891 bits per heavy atom. The number of amides is 4. The maximum absolute atomic E-state index is 14.3. The van der Waals surface area contributed by atoms with Crippen LogP contribution in [0.3, 0.4) is 0 Å². The number of allylic oxidation sites excluding steroid dienone is 2. The first kappa shape index (κ1) is 30.8. The van der Waals surface area contributed by atoms with Gasteiger partial charge >= 0.3 is 0 Å². The second-order valence-corrected chi connectivity index (χ2v) is 13.6. The van der Waals surface area contributed by atoms with E-state index in [1.807, 2.05) is 18.2 Å². The van der Waals surface area contributed by atoms with Crippen LogP contribution in [0.2, 0.25) is 0 Å². The number of methoxy groups -OCH3 is 2. The van der Waals surface area contributed by atoms with Crippen LogP contribution in [0, 0.1) is 17.8 Å². The SMILES string of the molecule is COc1cc(O)cc(OC)c1C1C2=CCC3C(=O)N(c4ccc(N5CCOCC5)cc4)C(=O)C3C2CC2(Cl)C(=O)N(C)C(=O)C12Cl. The molecule has 7 rings (SSSR count). The number of halogens is 2. The molecule has 0 aromatic heterocycles. The summed E-state index contributed by atoms with van der Waals surface area (Å²) in [5.74, 6) is -5.31. The van der Waals surface area contributed by atoms with Crippen molar-refractivity contribution in [1.29, 1.82) is 0 Å². The smallest absolute Gasteiger partial charge is 0.253 e. The van der Waals surface area contributed by atoms with Crippen LogP contribution >= 0.6 is 23.2 Å². The molecule has 1 saturated carbocycles. The van der Waals surface area contributed by atoms with Gasteiger partial charge in [0.05, 0.1) is 45.0 Å². The topological polar surface area (TPSA) is 126 Å². The van der Waals surface area contributed by atoms with Crippen molar-refractivity contribution in [2.45, 2.75) is 28.5 Å². The molecule has 3 aliphatic heterocycles. The number of nitrogens with zero attached hydrogens (tertiary/aromatic N) is 3. The zero-order valence-electron chi connectivity index (χ0n) is 25.5. The van der Waals surface area contributed by atoms with E-state index in [-0.39, 0.29) is 36.0 Å². The van der Waals surface area contributed by atoms with Crippen LogP contribution < -0.4 is 19.3 Å². The van der Waals surface area contributed by atoms with Crippen LogP contribution in [-0.4, -0.2) is 91.0 Å². The Morgan fingerprint density at radius 2 is 1.50 bits per heavy atom. The lowest BCUT2D eigenvalue weighted by atomic mass is 9.56. The van der Waals surface area contributed by atoms with Gasteiger partial charge in [-0.15, -0.1) is 23.2 Å². The van der Waals surface area contributed by atoms with Crippen molar-refractivity contribution in [3.8, 4) is 17.2 Å². The lowest BCUT2D eigenvalue weighted by molar-refractivity contribution is -0.138. The Kier molecular flexibility index (Phi) is 7.30. The third-order valence-corrected chi connectivity index (χ3v) is 11.7. The standard InChI is InChI=1S/C33H33Cl2N3O8/c1-36-30(42)32(34)16-22-20(27(33(32,35)31(36)43)26-23(44-2)14-19(39)15-24(26)45-3)8-9-21-25(22)29(41)38(28(21)40)18-6-4-17(5-7-18)37-10-12-46-13-11-37/h4-8,14-15,21-22,25,27,39H,9-13,16H2,1-3H3. The Bertz CT molecular complexity index is 1670. The number of benzene rings is 2. The molecule has 1 N–H and O–H groups in total. The third-order valence-electron chi connectivity index (χ3n) is 10.3. The average Bonchev–Trinajstić information content (AvgIpc) is 3.39. The first-order chi connectivity index (χ1) is 22.0. The van der Waals surface area contributed by atoms with E-state index in [2.05, 4.69) is 4.90 Å². The number of aromatic hydroxyl groups is 1. The van der Waals surface area contributed by atoms with Crippen LogP contribution in [-0.2, 0) is 23.9 Å². The molecular weight excluding hydrogens is 637 g/mol. The van der Waals surface area contributed by atoms with Gasteiger partial charge in [-0.1, -0.05) is 11.6 Å². The number of imide groups is 2. The van der Waals surface area contributed by atoms with E-state index in [0.717, 1.165) is 23.7 Å².